The van der Waals surface area contributed by atoms with Gasteiger partial charge >= 0.3 is 5.69 Å². The van der Waals surface area contributed by atoms with Gasteiger partial charge in [-0.25, -0.2) is 4.79 Å². The minimum atomic E-state index is -0.723. The quantitative estimate of drug-likeness (QED) is 0.254. The van der Waals surface area contributed by atoms with Gasteiger partial charge in [-0.1, -0.05) is 47.5 Å². The number of ether oxygens (including phenoxy) is 1. The SMILES string of the molecule is COc1cc(-c2nccc(-c3cccc(NC(=O)c4cn(C)c(=O)n(C)c4=O)c3Cl)c2Cl)ccc1CNC[C@@H]1CCC(=O)N1. The molecule has 2 amide bonds. The van der Waals surface area contributed by atoms with Gasteiger partial charge in [-0.3, -0.25) is 23.9 Å². The summed E-state index contributed by atoms with van der Waals surface area (Å²) in [6.07, 6.45) is 4.18. The Morgan fingerprint density at radius 1 is 1.09 bits per heavy atom. The first kappa shape index (κ1) is 31.0. The minimum absolute atomic E-state index is 0.0801. The van der Waals surface area contributed by atoms with Crippen LogP contribution in [0, 0.1) is 0 Å². The molecule has 228 valence electrons. The summed E-state index contributed by atoms with van der Waals surface area (Å²) in [6.45, 7) is 1.21. The van der Waals surface area contributed by atoms with Crippen LogP contribution in [0.2, 0.25) is 10.0 Å². The predicted molar refractivity (Wildman–Crippen MR) is 169 cm³/mol. The number of nitrogens with zero attached hydrogens (tertiary/aromatic N) is 3. The lowest BCUT2D eigenvalue weighted by Crippen LogP contribution is -2.40. The number of carbonyl (C=O) groups is 2. The molecule has 0 radical (unpaired) electrons. The number of anilines is 1. The zero-order valence-corrected chi connectivity index (χ0v) is 25.8. The van der Waals surface area contributed by atoms with E-state index in [-0.39, 0.29) is 28.2 Å². The van der Waals surface area contributed by atoms with Gasteiger partial charge in [0.25, 0.3) is 11.5 Å². The molecule has 5 rings (SSSR count). The zero-order valence-electron chi connectivity index (χ0n) is 24.2. The van der Waals surface area contributed by atoms with Crippen LogP contribution in [0.25, 0.3) is 22.4 Å². The Bertz CT molecular complexity index is 1890. The van der Waals surface area contributed by atoms with Crippen molar-refractivity contribution in [3.8, 4) is 28.1 Å². The van der Waals surface area contributed by atoms with Crippen LogP contribution in [0.15, 0.2) is 64.4 Å². The van der Waals surface area contributed by atoms with Gasteiger partial charge in [-0.05, 0) is 24.6 Å². The fourth-order valence-corrected chi connectivity index (χ4v) is 5.69. The topological polar surface area (TPSA) is 136 Å². The first-order chi connectivity index (χ1) is 21.1. The second-order valence-electron chi connectivity index (χ2n) is 10.4. The Morgan fingerprint density at radius 3 is 2.59 bits per heavy atom. The highest BCUT2D eigenvalue weighted by Gasteiger charge is 2.21. The average molecular weight is 638 g/mol. The molecule has 0 aliphatic carbocycles. The van der Waals surface area contributed by atoms with E-state index < -0.39 is 17.2 Å². The number of nitrogens with one attached hydrogen (secondary N) is 3. The molecule has 2 aromatic carbocycles. The highest BCUT2D eigenvalue weighted by atomic mass is 35.5. The molecule has 4 aromatic rings. The average Bonchev–Trinajstić information content (AvgIpc) is 3.44. The summed E-state index contributed by atoms with van der Waals surface area (Å²) < 4.78 is 7.67. The van der Waals surface area contributed by atoms with E-state index in [9.17, 15) is 19.2 Å². The summed E-state index contributed by atoms with van der Waals surface area (Å²) >= 11 is 13.7. The highest BCUT2D eigenvalue weighted by molar-refractivity contribution is 6.39. The van der Waals surface area contributed by atoms with Crippen molar-refractivity contribution in [3.05, 3.63) is 96.9 Å². The van der Waals surface area contributed by atoms with Crippen LogP contribution in [-0.4, -0.2) is 45.6 Å². The summed E-state index contributed by atoms with van der Waals surface area (Å²) in [7, 11) is 4.35. The number of aromatic nitrogens is 3. The molecular weight excluding hydrogens is 607 g/mol. The number of aryl methyl sites for hydroxylation is 1. The van der Waals surface area contributed by atoms with Crippen molar-refractivity contribution >= 4 is 40.7 Å². The maximum absolute atomic E-state index is 13.0. The van der Waals surface area contributed by atoms with Crippen LogP contribution in [0.3, 0.4) is 0 Å². The third kappa shape index (κ3) is 6.26. The number of amides is 2. The van der Waals surface area contributed by atoms with Gasteiger partial charge in [-0.2, -0.15) is 0 Å². The number of carbonyl (C=O) groups excluding carboxylic acids is 2. The van der Waals surface area contributed by atoms with E-state index in [4.69, 9.17) is 27.9 Å². The molecule has 0 spiro atoms. The van der Waals surface area contributed by atoms with Crippen LogP contribution < -0.4 is 31.9 Å². The Balaban J connectivity index is 1.40. The molecule has 1 saturated heterocycles. The molecule has 1 aliphatic heterocycles. The van der Waals surface area contributed by atoms with Gasteiger partial charge in [-0.15, -0.1) is 0 Å². The Morgan fingerprint density at radius 2 is 1.86 bits per heavy atom. The summed E-state index contributed by atoms with van der Waals surface area (Å²) in [6, 6.07) is 12.6. The zero-order chi connectivity index (χ0) is 31.5. The van der Waals surface area contributed by atoms with E-state index in [1.807, 2.05) is 18.2 Å². The van der Waals surface area contributed by atoms with E-state index in [0.29, 0.717) is 47.1 Å². The van der Waals surface area contributed by atoms with Gasteiger partial charge in [0.1, 0.15) is 11.3 Å². The van der Waals surface area contributed by atoms with Crippen LogP contribution in [0.5, 0.6) is 5.75 Å². The van der Waals surface area contributed by atoms with Gasteiger partial charge < -0.3 is 25.3 Å². The number of benzene rings is 2. The molecule has 13 heteroatoms. The fourth-order valence-electron chi connectivity index (χ4n) is 5.09. The largest absolute Gasteiger partial charge is 0.496 e. The minimum Gasteiger partial charge on any atom is -0.496 e. The smallest absolute Gasteiger partial charge is 0.330 e. The van der Waals surface area contributed by atoms with E-state index >= 15 is 0 Å². The fraction of sp³-hybridized carbons (Fsp3) is 0.258. The molecule has 2 aromatic heterocycles. The number of methoxy groups -OCH3 is 1. The van der Waals surface area contributed by atoms with E-state index in [0.717, 1.165) is 26.7 Å². The second kappa shape index (κ2) is 13.0. The van der Waals surface area contributed by atoms with E-state index in [2.05, 4.69) is 20.9 Å². The molecular formula is C31H30Cl2N6O5. The number of rotatable bonds is 9. The molecule has 44 heavy (non-hydrogen) atoms. The lowest BCUT2D eigenvalue weighted by molar-refractivity contribution is -0.119. The third-order valence-electron chi connectivity index (χ3n) is 7.47. The van der Waals surface area contributed by atoms with Crippen molar-refractivity contribution in [2.75, 3.05) is 19.0 Å². The maximum Gasteiger partial charge on any atom is 0.330 e. The number of pyridine rings is 1. The molecule has 1 fully saturated rings. The number of hydrogen-bond acceptors (Lipinski definition) is 7. The molecule has 0 saturated carbocycles. The predicted octanol–water partition coefficient (Wildman–Crippen LogP) is 3.75. The van der Waals surface area contributed by atoms with Gasteiger partial charge in [0.15, 0.2) is 0 Å². The molecule has 0 unspecified atom stereocenters. The standard InChI is InChI=1S/C31H30Cl2N6O5/c1-38-16-22(30(42)39(2)31(38)43)29(41)37-23-6-4-5-20(26(23)32)21-11-12-35-28(27(21)33)17-7-8-18(24(13-17)44-3)14-34-15-19-9-10-25(40)36-19/h4-8,11-13,16,19,34H,9-10,14-15H2,1-3H3,(H,36,40)(H,37,41)/t19-/m0/s1. The lowest BCUT2D eigenvalue weighted by Gasteiger charge is -2.16. The first-order valence-corrected chi connectivity index (χ1v) is 14.5. The molecule has 1 aliphatic rings. The summed E-state index contributed by atoms with van der Waals surface area (Å²) in [4.78, 5) is 53.6. The molecule has 11 nitrogen and oxygen atoms in total. The van der Waals surface area contributed by atoms with Crippen molar-refractivity contribution in [2.24, 2.45) is 14.1 Å². The van der Waals surface area contributed by atoms with Gasteiger partial charge in [0, 0.05) is 74.3 Å². The molecule has 3 N–H and O–H groups in total. The Labute approximate surface area is 262 Å². The van der Waals surface area contributed by atoms with Crippen LogP contribution >= 0.6 is 23.2 Å². The maximum atomic E-state index is 13.0. The van der Waals surface area contributed by atoms with Crippen molar-refractivity contribution in [1.29, 1.82) is 0 Å². The second-order valence-corrected chi connectivity index (χ2v) is 11.2. The van der Waals surface area contributed by atoms with Crippen LogP contribution in [0.1, 0.15) is 28.8 Å². The Hall–Kier alpha value is -4.45. The monoisotopic (exact) mass is 636 g/mol. The van der Waals surface area contributed by atoms with Crippen LogP contribution in [0.4, 0.5) is 5.69 Å². The van der Waals surface area contributed by atoms with Crippen molar-refractivity contribution in [3.63, 3.8) is 0 Å². The van der Waals surface area contributed by atoms with Crippen molar-refractivity contribution in [2.45, 2.75) is 25.4 Å². The number of halogens is 2. The van der Waals surface area contributed by atoms with E-state index in [1.165, 1.54) is 20.3 Å². The third-order valence-corrected chi connectivity index (χ3v) is 8.26. The summed E-state index contributed by atoms with van der Waals surface area (Å²) in [5, 5.41) is 9.54. The summed E-state index contributed by atoms with van der Waals surface area (Å²) in [5.41, 5.74) is 2.08. The summed E-state index contributed by atoms with van der Waals surface area (Å²) in [5.74, 6) is 0.0222. The van der Waals surface area contributed by atoms with Gasteiger partial charge in [0.05, 0.1) is 28.5 Å². The molecule has 1 atom stereocenters. The van der Waals surface area contributed by atoms with Crippen molar-refractivity contribution < 1.29 is 14.3 Å². The first-order valence-electron chi connectivity index (χ1n) is 13.8. The molecule has 0 bridgehead atoms. The molecule has 3 heterocycles. The van der Waals surface area contributed by atoms with Crippen LogP contribution in [-0.2, 0) is 25.4 Å². The normalized spacial score (nSPS) is 14.4. The van der Waals surface area contributed by atoms with Gasteiger partial charge in [0.2, 0.25) is 5.91 Å². The van der Waals surface area contributed by atoms with Crippen molar-refractivity contribution in [1.82, 2.24) is 24.8 Å². The number of hydrogen-bond donors (Lipinski definition) is 3. The Kier molecular flexibility index (Phi) is 9.19. The highest BCUT2D eigenvalue weighted by Crippen LogP contribution is 2.41. The van der Waals surface area contributed by atoms with E-state index in [1.54, 1.807) is 37.6 Å². The lowest BCUT2D eigenvalue weighted by atomic mass is 10.0.